The minimum absolute atomic E-state index is 0.0675. The van der Waals surface area contributed by atoms with Gasteiger partial charge in [0.1, 0.15) is 11.6 Å². The number of amides is 2. The molecule has 1 atom stereocenters. The molecular formula is C18H22N4O3. The number of aryl methyl sites for hydroxylation is 1. The Morgan fingerprint density at radius 1 is 1.48 bits per heavy atom. The maximum Gasteiger partial charge on any atom is 0.230 e. The Balaban J connectivity index is 1.77. The molecule has 1 aromatic heterocycles. The van der Waals surface area contributed by atoms with Crippen molar-refractivity contribution < 1.29 is 14.3 Å². The zero-order valence-electron chi connectivity index (χ0n) is 14.7. The number of ether oxygens (including phenoxy) is 1. The van der Waals surface area contributed by atoms with Crippen LogP contribution in [0.1, 0.15) is 23.7 Å². The van der Waals surface area contributed by atoms with Gasteiger partial charge < -0.3 is 19.5 Å². The average Bonchev–Trinajstić information content (AvgIpc) is 3.02. The van der Waals surface area contributed by atoms with Gasteiger partial charge in [-0.05, 0) is 30.7 Å². The first-order valence-electron chi connectivity index (χ1n) is 8.20. The Morgan fingerprint density at radius 2 is 2.28 bits per heavy atom. The van der Waals surface area contributed by atoms with E-state index in [1.807, 2.05) is 23.8 Å². The van der Waals surface area contributed by atoms with Crippen LogP contribution in [0.15, 0.2) is 30.6 Å². The van der Waals surface area contributed by atoms with Crippen LogP contribution in [0, 0.1) is 6.92 Å². The number of carbonyl (C=O) groups excluding carboxylic acids is 2. The maximum atomic E-state index is 12.9. The van der Waals surface area contributed by atoms with E-state index in [2.05, 4.69) is 10.3 Å². The highest BCUT2D eigenvalue weighted by Gasteiger charge is 2.32. The van der Waals surface area contributed by atoms with Crippen molar-refractivity contribution in [3.63, 3.8) is 0 Å². The van der Waals surface area contributed by atoms with Crippen LogP contribution >= 0.6 is 0 Å². The predicted octanol–water partition coefficient (Wildman–Crippen LogP) is 1.78. The van der Waals surface area contributed by atoms with Crippen LogP contribution in [0.4, 0.5) is 5.69 Å². The highest BCUT2D eigenvalue weighted by Crippen LogP contribution is 2.35. The quantitative estimate of drug-likeness (QED) is 0.899. The molecule has 0 fully saturated rings. The molecule has 1 aromatic carbocycles. The summed E-state index contributed by atoms with van der Waals surface area (Å²) in [5.41, 5.74) is 1.48. The largest absolute Gasteiger partial charge is 0.497 e. The fourth-order valence-corrected chi connectivity index (χ4v) is 3.06. The van der Waals surface area contributed by atoms with Gasteiger partial charge in [0.05, 0.1) is 13.0 Å². The molecule has 2 heterocycles. The second-order valence-corrected chi connectivity index (χ2v) is 6.19. The van der Waals surface area contributed by atoms with E-state index in [1.54, 1.807) is 37.4 Å². The fraction of sp³-hybridized carbons (Fsp3) is 0.389. The van der Waals surface area contributed by atoms with Gasteiger partial charge >= 0.3 is 0 Å². The lowest BCUT2D eigenvalue weighted by Gasteiger charge is -2.29. The molecule has 1 aliphatic rings. The summed E-state index contributed by atoms with van der Waals surface area (Å²) >= 11 is 0. The summed E-state index contributed by atoms with van der Waals surface area (Å²) in [6.07, 6.45) is 3.78. The molecular weight excluding hydrogens is 320 g/mol. The van der Waals surface area contributed by atoms with Crippen LogP contribution in [0.25, 0.3) is 0 Å². The predicted molar refractivity (Wildman–Crippen MR) is 93.6 cm³/mol. The van der Waals surface area contributed by atoms with Crippen LogP contribution in [0.5, 0.6) is 5.75 Å². The molecule has 7 heteroatoms. The van der Waals surface area contributed by atoms with E-state index >= 15 is 0 Å². The summed E-state index contributed by atoms with van der Waals surface area (Å²) in [6, 6.07) is 5.38. The van der Waals surface area contributed by atoms with E-state index in [0.717, 1.165) is 11.4 Å². The van der Waals surface area contributed by atoms with Crippen molar-refractivity contribution >= 4 is 17.5 Å². The third-order valence-electron chi connectivity index (χ3n) is 4.57. The number of carbonyl (C=O) groups is 2. The summed E-state index contributed by atoms with van der Waals surface area (Å²) in [5.74, 6) is 0.877. The van der Waals surface area contributed by atoms with Crippen molar-refractivity contribution in [2.45, 2.75) is 25.8 Å². The second kappa shape index (κ2) is 6.96. The van der Waals surface area contributed by atoms with Crippen molar-refractivity contribution in [3.8, 4) is 5.75 Å². The van der Waals surface area contributed by atoms with Gasteiger partial charge in [0.2, 0.25) is 11.8 Å². The number of methoxy groups -OCH3 is 1. The van der Waals surface area contributed by atoms with E-state index in [1.165, 1.54) is 0 Å². The molecule has 7 nitrogen and oxygen atoms in total. The zero-order chi connectivity index (χ0) is 18.0. The Morgan fingerprint density at radius 3 is 2.96 bits per heavy atom. The van der Waals surface area contributed by atoms with Gasteiger partial charge in [-0.15, -0.1) is 0 Å². The van der Waals surface area contributed by atoms with Gasteiger partial charge in [-0.1, -0.05) is 0 Å². The molecule has 0 saturated carbocycles. The average molecular weight is 342 g/mol. The molecule has 0 unspecified atom stereocenters. The van der Waals surface area contributed by atoms with Crippen molar-refractivity contribution in [2.24, 2.45) is 0 Å². The van der Waals surface area contributed by atoms with E-state index in [0.29, 0.717) is 24.5 Å². The van der Waals surface area contributed by atoms with Crippen LogP contribution in [0.2, 0.25) is 0 Å². The third kappa shape index (κ3) is 3.50. The number of nitrogens with zero attached hydrogens (tertiary/aromatic N) is 3. The number of likely N-dealkylation sites (N-methyl/N-ethyl adjacent to an activating group) is 1. The minimum Gasteiger partial charge on any atom is -0.497 e. The molecule has 2 aromatic rings. The molecule has 2 amide bonds. The second-order valence-electron chi connectivity index (χ2n) is 6.19. The normalized spacial score (nSPS) is 16.1. The molecule has 0 radical (unpaired) electrons. The van der Waals surface area contributed by atoms with Gasteiger partial charge in [0, 0.05) is 44.6 Å². The zero-order valence-corrected chi connectivity index (χ0v) is 14.7. The number of imidazole rings is 1. The Kier molecular flexibility index (Phi) is 4.74. The van der Waals surface area contributed by atoms with Gasteiger partial charge in [-0.25, -0.2) is 4.98 Å². The first-order chi connectivity index (χ1) is 12.0. The molecule has 0 bridgehead atoms. The smallest absolute Gasteiger partial charge is 0.230 e. The van der Waals surface area contributed by atoms with Crippen molar-refractivity contribution in [2.75, 3.05) is 26.0 Å². The number of hydrogen-bond donors (Lipinski definition) is 1. The maximum absolute atomic E-state index is 12.9. The third-order valence-corrected chi connectivity index (χ3v) is 4.57. The van der Waals surface area contributed by atoms with Gasteiger partial charge in [0.25, 0.3) is 0 Å². The van der Waals surface area contributed by atoms with Crippen LogP contribution < -0.4 is 10.1 Å². The summed E-state index contributed by atoms with van der Waals surface area (Å²) in [4.78, 5) is 30.8. The van der Waals surface area contributed by atoms with Crippen LogP contribution in [-0.2, 0) is 16.1 Å². The van der Waals surface area contributed by atoms with Crippen LogP contribution in [-0.4, -0.2) is 47.0 Å². The molecule has 132 valence electrons. The highest BCUT2D eigenvalue weighted by molar-refractivity contribution is 6.01. The lowest BCUT2D eigenvalue weighted by Crippen LogP contribution is -2.37. The molecule has 0 spiro atoms. The number of aromatic nitrogens is 2. The van der Waals surface area contributed by atoms with E-state index in [9.17, 15) is 9.59 Å². The summed E-state index contributed by atoms with van der Waals surface area (Å²) < 4.78 is 7.25. The van der Waals surface area contributed by atoms with E-state index < -0.39 is 5.92 Å². The van der Waals surface area contributed by atoms with Crippen LogP contribution in [0.3, 0.4) is 0 Å². The number of nitrogens with one attached hydrogen (secondary N) is 1. The van der Waals surface area contributed by atoms with Crippen molar-refractivity contribution in [1.29, 1.82) is 0 Å². The summed E-state index contributed by atoms with van der Waals surface area (Å²) in [7, 11) is 3.35. The molecule has 3 rings (SSSR count). The first kappa shape index (κ1) is 17.0. The lowest BCUT2D eigenvalue weighted by molar-refractivity contribution is -0.133. The summed E-state index contributed by atoms with van der Waals surface area (Å²) in [6.45, 7) is 3.14. The Hall–Kier alpha value is -2.83. The topological polar surface area (TPSA) is 76.5 Å². The molecule has 0 saturated heterocycles. The summed E-state index contributed by atoms with van der Waals surface area (Å²) in [5, 5.41) is 2.82. The molecule has 1 aliphatic heterocycles. The minimum atomic E-state index is -0.493. The number of hydrogen-bond acceptors (Lipinski definition) is 4. The van der Waals surface area contributed by atoms with Gasteiger partial charge in [0.15, 0.2) is 0 Å². The fourth-order valence-electron chi connectivity index (χ4n) is 3.06. The Bertz CT molecular complexity index is 799. The molecule has 0 aliphatic carbocycles. The SMILES string of the molecule is COc1ccc2c(c1)[C@@H](C(=O)N(C)CCn1ccnc1C)CC(=O)N2. The van der Waals surface area contributed by atoms with Crippen molar-refractivity contribution in [1.82, 2.24) is 14.5 Å². The number of anilines is 1. The lowest BCUT2D eigenvalue weighted by atomic mass is 9.89. The van der Waals surface area contributed by atoms with Gasteiger partial charge in [-0.3, -0.25) is 9.59 Å². The highest BCUT2D eigenvalue weighted by atomic mass is 16.5. The van der Waals surface area contributed by atoms with E-state index in [-0.39, 0.29) is 18.2 Å². The molecule has 25 heavy (non-hydrogen) atoms. The number of rotatable bonds is 5. The van der Waals surface area contributed by atoms with Gasteiger partial charge in [-0.2, -0.15) is 0 Å². The van der Waals surface area contributed by atoms with E-state index in [4.69, 9.17) is 4.74 Å². The monoisotopic (exact) mass is 342 g/mol. The molecule has 1 N–H and O–H groups in total. The van der Waals surface area contributed by atoms with Crippen molar-refractivity contribution in [3.05, 3.63) is 42.0 Å². The Labute approximate surface area is 146 Å². The number of benzene rings is 1. The first-order valence-corrected chi connectivity index (χ1v) is 8.20. The standard InChI is InChI=1S/C18H22N4O3/c1-12-19-6-7-22(12)9-8-21(2)18(24)15-11-17(23)20-16-5-4-13(25-3)10-14(15)16/h4-7,10,15H,8-9,11H2,1-3H3,(H,20,23)/t15-/m0/s1. The number of fused-ring (bicyclic) bond motifs is 1.